The topological polar surface area (TPSA) is 231 Å². The summed E-state index contributed by atoms with van der Waals surface area (Å²) in [5, 5.41) is 20.6. The first kappa shape index (κ1) is 90.7. The Kier molecular flexibility index (Phi) is 66.4. The van der Waals surface area contributed by atoms with Crippen LogP contribution in [0.15, 0.2) is 134 Å². The fourth-order valence-electron chi connectivity index (χ4n) is 9.32. The lowest BCUT2D eigenvalue weighted by Crippen LogP contribution is -2.30. The minimum absolute atomic E-state index is 0.0885. The van der Waals surface area contributed by atoms with E-state index in [1.807, 2.05) is 0 Å². The average Bonchev–Trinajstić information content (AvgIpc) is 1.81. The maximum atomic E-state index is 12.9. The van der Waals surface area contributed by atoms with Gasteiger partial charge in [-0.1, -0.05) is 257 Å². The molecule has 95 heavy (non-hydrogen) atoms. The number of phosphoric acid groups is 2. The van der Waals surface area contributed by atoms with Crippen LogP contribution in [0.25, 0.3) is 0 Å². The van der Waals surface area contributed by atoms with Crippen LogP contribution < -0.4 is 0 Å². The number of unbranched alkanes of at least 4 members (excludes halogenated alkanes) is 23. The Balaban J connectivity index is 4.56. The van der Waals surface area contributed by atoms with Gasteiger partial charge < -0.3 is 34.2 Å². The monoisotopic (exact) mass is 1370 g/mol. The van der Waals surface area contributed by atoms with E-state index in [2.05, 4.69) is 154 Å². The van der Waals surface area contributed by atoms with Gasteiger partial charge in [-0.15, -0.1) is 0 Å². The SMILES string of the molecule is CC/C=C\C/C=C\C/C=C\C/C=C\C/C=C\C/C=C\CCCCCCCCCCC(=O)OCC(O)COP(=O)(O)OCC(O)COP(=O)(O)OCC(COC(=O)CCCCCCCC/C=C\C/C=C\C/C=C\C/C=C\CC)OC(=O)CCCCCCC/C=C\CCCCCC. The predicted octanol–water partition coefficient (Wildman–Crippen LogP) is 20.8. The Labute approximate surface area is 575 Å². The minimum atomic E-state index is -4.93. The van der Waals surface area contributed by atoms with E-state index in [0.29, 0.717) is 19.3 Å². The number of hydrogen-bond donors (Lipinski definition) is 4. The van der Waals surface area contributed by atoms with Gasteiger partial charge in [-0.2, -0.15) is 0 Å². The molecule has 0 spiro atoms. The minimum Gasteiger partial charge on any atom is -0.463 e. The largest absolute Gasteiger partial charge is 0.472 e. The number of aliphatic hydroxyl groups excluding tert-OH is 2. The van der Waals surface area contributed by atoms with E-state index in [1.54, 1.807) is 0 Å². The Morgan fingerprint density at radius 3 is 0.895 bits per heavy atom. The summed E-state index contributed by atoms with van der Waals surface area (Å²) in [6, 6.07) is 0. The number of rotatable bonds is 68. The fraction of sp³-hybridized carbons (Fsp3) is 0.675. The van der Waals surface area contributed by atoms with Gasteiger partial charge in [-0.3, -0.25) is 32.5 Å². The highest BCUT2D eigenvalue weighted by molar-refractivity contribution is 7.47. The molecule has 0 aliphatic heterocycles. The molecule has 0 saturated carbocycles. The molecule has 0 rings (SSSR count). The first-order valence-electron chi connectivity index (χ1n) is 36.5. The summed E-state index contributed by atoms with van der Waals surface area (Å²) in [6.07, 6.45) is 82.1. The first-order chi connectivity index (χ1) is 46.2. The lowest BCUT2D eigenvalue weighted by Gasteiger charge is -2.21. The van der Waals surface area contributed by atoms with Crippen molar-refractivity contribution >= 4 is 33.6 Å². The molecule has 0 heterocycles. The van der Waals surface area contributed by atoms with Gasteiger partial charge in [-0.25, -0.2) is 9.13 Å². The van der Waals surface area contributed by atoms with Crippen LogP contribution in [-0.2, 0) is 55.8 Å². The zero-order valence-corrected chi connectivity index (χ0v) is 60.8. The highest BCUT2D eigenvalue weighted by Gasteiger charge is 2.29. The summed E-state index contributed by atoms with van der Waals surface area (Å²) in [5.74, 6) is -1.61. The molecular weight excluding hydrogens is 1240 g/mol. The van der Waals surface area contributed by atoms with E-state index in [0.717, 1.165) is 173 Å². The lowest BCUT2D eigenvalue weighted by molar-refractivity contribution is -0.161. The molecular formula is C77H130O16P2. The number of carbonyl (C=O) groups excluding carboxylic acids is 3. The second-order valence-corrected chi connectivity index (χ2v) is 26.9. The van der Waals surface area contributed by atoms with E-state index >= 15 is 0 Å². The van der Waals surface area contributed by atoms with Crippen LogP contribution in [-0.4, -0.2) is 95.9 Å². The van der Waals surface area contributed by atoms with E-state index < -0.39 is 91.5 Å². The number of phosphoric ester groups is 2. The standard InChI is InChI=1S/C77H130O16P2/c1-4-7-10-13-16-19-22-25-27-29-31-32-33-34-35-36-37-38-40-42-43-46-48-51-54-57-60-63-75(80)87-66-72(78)67-89-94(83,84)90-68-73(79)69-91-95(85,86)92-71-74(93-77(82)65-62-59-56-53-50-45-24-21-18-15-12-9-6-3)70-88-76(81)64-61-58-55-52-49-47-44-41-39-30-28-26-23-20-17-14-11-8-5-2/h7-8,10-11,16-17,19-21,24-28,31-32,34-35,37-39,41,72-74,78-79H,4-6,9,12-15,18,22-23,29-30,33,36,40,42-71H2,1-3H3,(H,83,84)(H,85,86)/b10-7-,11-8-,19-16-,20-17-,24-21-,27-25-,28-26-,32-31-,35-34-,38-37-,41-39-. The van der Waals surface area contributed by atoms with Gasteiger partial charge in [0.05, 0.1) is 26.4 Å². The van der Waals surface area contributed by atoms with Crippen molar-refractivity contribution in [3.8, 4) is 0 Å². The molecule has 0 aromatic rings. The van der Waals surface area contributed by atoms with Crippen LogP contribution in [0.2, 0.25) is 0 Å². The summed E-state index contributed by atoms with van der Waals surface area (Å²) >= 11 is 0. The van der Waals surface area contributed by atoms with Crippen LogP contribution in [0.3, 0.4) is 0 Å². The molecule has 0 aromatic heterocycles. The molecule has 5 atom stereocenters. The summed E-state index contributed by atoms with van der Waals surface area (Å²) in [6.45, 7) is 2.39. The molecule has 4 N–H and O–H groups in total. The van der Waals surface area contributed by atoms with Crippen molar-refractivity contribution in [2.45, 2.75) is 296 Å². The Morgan fingerprint density at radius 1 is 0.305 bits per heavy atom. The third-order valence-corrected chi connectivity index (χ3v) is 16.7. The number of hydrogen-bond acceptors (Lipinski definition) is 14. The molecule has 0 aliphatic carbocycles. The van der Waals surface area contributed by atoms with Crippen molar-refractivity contribution < 1.29 is 75.8 Å². The summed E-state index contributed by atoms with van der Waals surface area (Å²) in [4.78, 5) is 58.5. The van der Waals surface area contributed by atoms with Gasteiger partial charge in [0.2, 0.25) is 0 Å². The normalized spacial score (nSPS) is 14.9. The molecule has 544 valence electrons. The Hall–Kier alpha value is -4.31. The van der Waals surface area contributed by atoms with Gasteiger partial charge in [0.25, 0.3) is 0 Å². The van der Waals surface area contributed by atoms with Gasteiger partial charge in [0, 0.05) is 19.3 Å². The summed E-state index contributed by atoms with van der Waals surface area (Å²) < 4.78 is 61.0. The van der Waals surface area contributed by atoms with Gasteiger partial charge in [-0.05, 0) is 135 Å². The fourth-order valence-corrected chi connectivity index (χ4v) is 10.9. The molecule has 0 aliphatic rings. The first-order valence-corrected chi connectivity index (χ1v) is 39.5. The zero-order chi connectivity index (χ0) is 69.5. The third kappa shape index (κ3) is 70.8. The molecule has 5 unspecified atom stereocenters. The number of carbonyl (C=O) groups is 3. The smallest absolute Gasteiger partial charge is 0.463 e. The van der Waals surface area contributed by atoms with Gasteiger partial charge in [0.15, 0.2) is 6.10 Å². The van der Waals surface area contributed by atoms with E-state index in [-0.39, 0.29) is 19.3 Å². The van der Waals surface area contributed by atoms with E-state index in [1.165, 1.54) is 44.9 Å². The van der Waals surface area contributed by atoms with Crippen LogP contribution in [0.1, 0.15) is 278 Å². The third-order valence-electron chi connectivity index (χ3n) is 14.8. The zero-order valence-electron chi connectivity index (χ0n) is 59.0. The van der Waals surface area contributed by atoms with Crippen molar-refractivity contribution in [2.24, 2.45) is 0 Å². The number of esters is 3. The molecule has 18 heteroatoms. The molecule has 0 aromatic carbocycles. The number of allylic oxidation sites excluding steroid dienone is 22. The molecule has 16 nitrogen and oxygen atoms in total. The van der Waals surface area contributed by atoms with E-state index in [9.17, 15) is 43.5 Å². The second kappa shape index (κ2) is 69.6. The van der Waals surface area contributed by atoms with E-state index in [4.69, 9.17) is 32.3 Å². The van der Waals surface area contributed by atoms with Crippen LogP contribution in [0.5, 0.6) is 0 Å². The van der Waals surface area contributed by atoms with Crippen molar-refractivity contribution in [1.29, 1.82) is 0 Å². The predicted molar refractivity (Wildman–Crippen MR) is 390 cm³/mol. The maximum absolute atomic E-state index is 12.9. The van der Waals surface area contributed by atoms with Crippen molar-refractivity contribution in [3.63, 3.8) is 0 Å². The number of ether oxygens (including phenoxy) is 3. The average molecular weight is 1370 g/mol. The van der Waals surface area contributed by atoms with Crippen molar-refractivity contribution in [3.05, 3.63) is 134 Å². The molecule has 0 saturated heterocycles. The van der Waals surface area contributed by atoms with Crippen LogP contribution >= 0.6 is 15.6 Å². The summed E-state index contributed by atoms with van der Waals surface area (Å²) in [5.41, 5.74) is 0. The van der Waals surface area contributed by atoms with Crippen LogP contribution in [0, 0.1) is 0 Å². The van der Waals surface area contributed by atoms with Crippen molar-refractivity contribution in [2.75, 3.05) is 39.6 Å². The van der Waals surface area contributed by atoms with Gasteiger partial charge in [0.1, 0.15) is 25.4 Å². The Morgan fingerprint density at radius 2 is 0.558 bits per heavy atom. The van der Waals surface area contributed by atoms with Gasteiger partial charge >= 0.3 is 33.6 Å². The molecule has 0 amide bonds. The Bertz CT molecular complexity index is 2260. The highest BCUT2D eigenvalue weighted by Crippen LogP contribution is 2.45. The molecule has 0 fully saturated rings. The molecule has 0 radical (unpaired) electrons. The lowest BCUT2D eigenvalue weighted by atomic mass is 10.1. The van der Waals surface area contributed by atoms with Crippen LogP contribution in [0.4, 0.5) is 0 Å². The maximum Gasteiger partial charge on any atom is 0.472 e. The second-order valence-electron chi connectivity index (χ2n) is 24.0. The quantitative estimate of drug-likeness (QED) is 0.0146. The molecule has 0 bridgehead atoms. The van der Waals surface area contributed by atoms with Crippen molar-refractivity contribution in [1.82, 2.24) is 0 Å². The highest BCUT2D eigenvalue weighted by atomic mass is 31.2. The summed E-state index contributed by atoms with van der Waals surface area (Å²) in [7, 11) is -9.79. The number of aliphatic hydroxyl groups is 2.